The molecule has 0 heterocycles. The highest BCUT2D eigenvalue weighted by molar-refractivity contribution is 5.89. The minimum atomic E-state index is -1.75. The van der Waals surface area contributed by atoms with Crippen molar-refractivity contribution in [2.75, 3.05) is 6.61 Å². The van der Waals surface area contributed by atoms with Crippen LogP contribution in [0, 0.1) is 0 Å². The predicted octanol–water partition coefficient (Wildman–Crippen LogP) is 0.907. The zero-order chi connectivity index (χ0) is 16.0. The normalized spacial score (nSPS) is 14.1. The van der Waals surface area contributed by atoms with Crippen molar-refractivity contribution < 1.29 is 29.3 Å². The third-order valence-electron chi connectivity index (χ3n) is 2.45. The van der Waals surface area contributed by atoms with Gasteiger partial charge in [-0.2, -0.15) is 0 Å². The Morgan fingerprint density at radius 1 is 1.19 bits per heavy atom. The second-order valence-corrected chi connectivity index (χ2v) is 5.47. The Kier molecular flexibility index (Phi) is 5.87. The van der Waals surface area contributed by atoms with Crippen LogP contribution in [0.4, 0.5) is 0 Å². The third-order valence-corrected chi connectivity index (χ3v) is 2.45. The van der Waals surface area contributed by atoms with Crippen molar-refractivity contribution >= 4 is 11.9 Å². The van der Waals surface area contributed by atoms with Crippen molar-refractivity contribution in [1.82, 2.24) is 0 Å². The van der Waals surface area contributed by atoms with Gasteiger partial charge in [0.1, 0.15) is 5.60 Å². The van der Waals surface area contributed by atoms with Crippen molar-refractivity contribution in [3.05, 3.63) is 35.9 Å². The number of carbonyl (C=O) groups is 2. The minimum absolute atomic E-state index is 0.257. The summed E-state index contributed by atoms with van der Waals surface area (Å²) in [4.78, 5) is 23.5. The van der Waals surface area contributed by atoms with Gasteiger partial charge >= 0.3 is 11.9 Å². The lowest BCUT2D eigenvalue weighted by atomic mass is 10.1. The van der Waals surface area contributed by atoms with E-state index in [4.69, 9.17) is 9.47 Å². The summed E-state index contributed by atoms with van der Waals surface area (Å²) in [7, 11) is 0. The number of carbonyl (C=O) groups excluding carboxylic acids is 2. The van der Waals surface area contributed by atoms with Gasteiger partial charge in [-0.15, -0.1) is 0 Å². The number of aliphatic hydroxyl groups excluding tert-OH is 2. The molecule has 0 aliphatic rings. The third kappa shape index (κ3) is 5.53. The molecule has 0 bridgehead atoms. The molecular weight excluding hydrogens is 276 g/mol. The smallest absolute Gasteiger partial charge is 0.339 e. The molecule has 2 atom stereocenters. The summed E-state index contributed by atoms with van der Waals surface area (Å²) >= 11 is 0. The molecular formula is C15H20O6. The predicted molar refractivity (Wildman–Crippen MR) is 74.6 cm³/mol. The number of rotatable bonds is 5. The van der Waals surface area contributed by atoms with E-state index in [1.807, 2.05) is 0 Å². The van der Waals surface area contributed by atoms with E-state index in [9.17, 15) is 19.8 Å². The molecule has 0 aliphatic carbocycles. The second kappa shape index (κ2) is 7.19. The summed E-state index contributed by atoms with van der Waals surface area (Å²) in [5, 5.41) is 19.0. The molecule has 1 aromatic carbocycles. The standard InChI is InChI=1S/C15H20O6/c1-15(2,3)21-14(19)12(17)11(9-16)20-13(18)10-7-5-4-6-8-10/h4-8,11-12,16-17H,9H2,1-3H3/t11-,12-/m1/s1. The van der Waals surface area contributed by atoms with Crippen LogP contribution >= 0.6 is 0 Å². The maximum atomic E-state index is 11.8. The molecule has 0 radical (unpaired) electrons. The highest BCUT2D eigenvalue weighted by Crippen LogP contribution is 2.12. The molecule has 6 heteroatoms. The van der Waals surface area contributed by atoms with Crippen LogP contribution in [0.1, 0.15) is 31.1 Å². The second-order valence-electron chi connectivity index (χ2n) is 5.47. The Hall–Kier alpha value is -1.92. The van der Waals surface area contributed by atoms with Gasteiger partial charge in [0.2, 0.25) is 0 Å². The number of hydrogen-bond acceptors (Lipinski definition) is 6. The number of ether oxygens (including phenoxy) is 2. The highest BCUT2D eigenvalue weighted by Gasteiger charge is 2.33. The lowest BCUT2D eigenvalue weighted by molar-refractivity contribution is -0.172. The monoisotopic (exact) mass is 296 g/mol. The molecule has 6 nitrogen and oxygen atoms in total. The Bertz CT molecular complexity index is 477. The first-order valence-corrected chi connectivity index (χ1v) is 6.52. The van der Waals surface area contributed by atoms with Gasteiger partial charge < -0.3 is 19.7 Å². The van der Waals surface area contributed by atoms with Gasteiger partial charge in [-0.1, -0.05) is 18.2 Å². The lowest BCUT2D eigenvalue weighted by Gasteiger charge is -2.25. The number of aliphatic hydroxyl groups is 2. The van der Waals surface area contributed by atoms with Gasteiger partial charge in [0.05, 0.1) is 12.2 Å². The van der Waals surface area contributed by atoms with Crippen molar-refractivity contribution in [2.45, 2.75) is 38.6 Å². The van der Waals surface area contributed by atoms with Gasteiger partial charge in [-0.05, 0) is 32.9 Å². The summed E-state index contributed by atoms with van der Waals surface area (Å²) in [6.07, 6.45) is -3.13. The van der Waals surface area contributed by atoms with Crippen molar-refractivity contribution in [3.63, 3.8) is 0 Å². The van der Waals surface area contributed by atoms with Crippen molar-refractivity contribution in [1.29, 1.82) is 0 Å². The number of hydrogen-bond donors (Lipinski definition) is 2. The molecule has 0 saturated heterocycles. The molecule has 0 aliphatic heterocycles. The van der Waals surface area contributed by atoms with Crippen LogP contribution in [0.25, 0.3) is 0 Å². The molecule has 0 unspecified atom stereocenters. The van der Waals surface area contributed by atoms with Crippen LogP contribution in [0.5, 0.6) is 0 Å². The molecule has 1 rings (SSSR count). The molecule has 0 amide bonds. The Morgan fingerprint density at radius 3 is 2.24 bits per heavy atom. The average Bonchev–Trinajstić information content (AvgIpc) is 2.42. The molecule has 2 N–H and O–H groups in total. The maximum absolute atomic E-state index is 11.8. The molecule has 0 spiro atoms. The van der Waals surface area contributed by atoms with Gasteiger partial charge in [0.15, 0.2) is 12.2 Å². The fraction of sp³-hybridized carbons (Fsp3) is 0.467. The quantitative estimate of drug-likeness (QED) is 0.784. The van der Waals surface area contributed by atoms with Gasteiger partial charge in [0.25, 0.3) is 0 Å². The molecule has 1 aromatic rings. The lowest BCUT2D eigenvalue weighted by Crippen LogP contribution is -2.43. The van der Waals surface area contributed by atoms with Crippen molar-refractivity contribution in [3.8, 4) is 0 Å². The SMILES string of the molecule is CC(C)(C)OC(=O)[C@H](O)[C@@H](CO)OC(=O)c1ccccc1. The fourth-order valence-corrected chi connectivity index (χ4v) is 1.50. The van der Waals surface area contributed by atoms with Crippen LogP contribution in [-0.2, 0) is 14.3 Å². The molecule has 21 heavy (non-hydrogen) atoms. The Morgan fingerprint density at radius 2 is 1.76 bits per heavy atom. The minimum Gasteiger partial charge on any atom is -0.458 e. The number of esters is 2. The first-order valence-electron chi connectivity index (χ1n) is 6.52. The van der Waals surface area contributed by atoms with Crippen molar-refractivity contribution in [2.24, 2.45) is 0 Å². The number of benzene rings is 1. The van der Waals surface area contributed by atoms with E-state index in [1.165, 1.54) is 12.1 Å². The van der Waals surface area contributed by atoms with Gasteiger partial charge in [-0.25, -0.2) is 9.59 Å². The zero-order valence-corrected chi connectivity index (χ0v) is 12.3. The van der Waals surface area contributed by atoms with Gasteiger partial charge in [0, 0.05) is 0 Å². The van der Waals surface area contributed by atoms with Crippen LogP contribution < -0.4 is 0 Å². The molecule has 0 fully saturated rings. The maximum Gasteiger partial charge on any atom is 0.339 e. The zero-order valence-electron chi connectivity index (χ0n) is 12.3. The summed E-state index contributed by atoms with van der Waals surface area (Å²) < 4.78 is 9.92. The Labute approximate surface area is 123 Å². The summed E-state index contributed by atoms with van der Waals surface area (Å²) in [6.45, 7) is 4.23. The highest BCUT2D eigenvalue weighted by atomic mass is 16.6. The first-order chi connectivity index (χ1) is 9.74. The summed E-state index contributed by atoms with van der Waals surface area (Å²) in [5.74, 6) is -1.69. The first kappa shape index (κ1) is 17.1. The van der Waals surface area contributed by atoms with E-state index in [0.717, 1.165) is 0 Å². The summed E-state index contributed by atoms with van der Waals surface area (Å²) in [5.41, 5.74) is -0.533. The van der Waals surface area contributed by atoms with Gasteiger partial charge in [-0.3, -0.25) is 0 Å². The average molecular weight is 296 g/mol. The van der Waals surface area contributed by atoms with Crippen LogP contribution in [0.2, 0.25) is 0 Å². The van der Waals surface area contributed by atoms with Crippen LogP contribution in [0.15, 0.2) is 30.3 Å². The van der Waals surface area contributed by atoms with E-state index in [1.54, 1.807) is 39.0 Å². The van der Waals surface area contributed by atoms with E-state index in [0.29, 0.717) is 0 Å². The van der Waals surface area contributed by atoms with E-state index < -0.39 is 36.4 Å². The van der Waals surface area contributed by atoms with E-state index in [-0.39, 0.29) is 5.56 Å². The van der Waals surface area contributed by atoms with Crippen LogP contribution in [-0.4, -0.2) is 46.6 Å². The molecule has 0 aromatic heterocycles. The topological polar surface area (TPSA) is 93.1 Å². The molecule has 0 saturated carbocycles. The Balaban J connectivity index is 2.70. The largest absolute Gasteiger partial charge is 0.458 e. The van der Waals surface area contributed by atoms with E-state index >= 15 is 0 Å². The fourth-order valence-electron chi connectivity index (χ4n) is 1.50. The van der Waals surface area contributed by atoms with Crippen LogP contribution in [0.3, 0.4) is 0 Å². The van der Waals surface area contributed by atoms with E-state index in [2.05, 4.69) is 0 Å². The molecule has 116 valence electrons. The summed E-state index contributed by atoms with van der Waals surface area (Å²) in [6, 6.07) is 8.08.